The lowest BCUT2D eigenvalue weighted by Crippen LogP contribution is -2.57. The van der Waals surface area contributed by atoms with Crippen LogP contribution in [0.1, 0.15) is 52.4 Å². The van der Waals surface area contributed by atoms with E-state index in [1.807, 2.05) is 0 Å². The number of aliphatic carboxylic acids is 1. The fourth-order valence-corrected chi connectivity index (χ4v) is 8.30. The fraction of sp³-hybridized carbons (Fsp3) is 0.783. The van der Waals surface area contributed by atoms with Gasteiger partial charge in [0.1, 0.15) is 6.04 Å². The second-order valence-corrected chi connectivity index (χ2v) is 10.7. The molecule has 31 heavy (non-hydrogen) atoms. The molecule has 3 rings (SSSR count). The van der Waals surface area contributed by atoms with E-state index in [2.05, 4.69) is 20.4 Å². The van der Waals surface area contributed by atoms with Gasteiger partial charge in [-0.2, -0.15) is 0 Å². The largest absolute Gasteiger partial charge is 0.481 e. The van der Waals surface area contributed by atoms with E-state index in [4.69, 9.17) is 0 Å². The molecule has 8 heteroatoms. The number of carbonyl (C=O) groups excluding carboxylic acids is 2. The number of hydrogen-bond acceptors (Lipinski definition) is 5. The minimum absolute atomic E-state index is 0.0276. The minimum atomic E-state index is -0.932. The first-order valence-corrected chi connectivity index (χ1v) is 12.4. The predicted octanol–water partition coefficient (Wildman–Crippen LogP) is 2.39. The summed E-state index contributed by atoms with van der Waals surface area (Å²) in [5.41, 5.74) is 0. The predicted molar refractivity (Wildman–Crippen MR) is 121 cm³/mol. The van der Waals surface area contributed by atoms with E-state index < -0.39 is 28.6 Å². The number of thioether (sulfide) groups is 1. The maximum Gasteiger partial charge on any atom is 0.308 e. The van der Waals surface area contributed by atoms with E-state index in [0.29, 0.717) is 32.5 Å². The molecule has 3 unspecified atom stereocenters. The van der Waals surface area contributed by atoms with Crippen LogP contribution in [-0.2, 0) is 14.4 Å². The number of rotatable bonds is 12. The molecule has 3 saturated heterocycles. The molecule has 3 aliphatic heterocycles. The third-order valence-electron chi connectivity index (χ3n) is 7.26. The van der Waals surface area contributed by atoms with Gasteiger partial charge in [0.05, 0.1) is 16.6 Å². The maximum absolute atomic E-state index is 13.9. The molecule has 0 aromatic heterocycles. The van der Waals surface area contributed by atoms with Crippen LogP contribution in [0.2, 0.25) is 0 Å². The van der Waals surface area contributed by atoms with Crippen molar-refractivity contribution in [3.63, 3.8) is 0 Å². The van der Waals surface area contributed by atoms with Gasteiger partial charge in [-0.15, -0.1) is 18.3 Å². The smallest absolute Gasteiger partial charge is 0.308 e. The number of hydrogen-bond donors (Lipinski definition) is 2. The van der Waals surface area contributed by atoms with Crippen LogP contribution in [-0.4, -0.2) is 80.1 Å². The van der Waals surface area contributed by atoms with Crippen LogP contribution >= 0.6 is 11.8 Å². The Labute approximate surface area is 189 Å². The normalized spacial score (nSPS) is 33.6. The highest BCUT2D eigenvalue weighted by Gasteiger charge is 2.76. The molecule has 2 bridgehead atoms. The lowest BCUT2D eigenvalue weighted by Gasteiger charge is -2.40. The quantitative estimate of drug-likeness (QED) is 0.349. The number of nitrogens with zero attached hydrogens (tertiary/aromatic N) is 2. The number of likely N-dealkylation sites (tertiary alicyclic amines) is 1. The van der Waals surface area contributed by atoms with Crippen molar-refractivity contribution in [2.45, 2.75) is 68.4 Å². The van der Waals surface area contributed by atoms with Crippen molar-refractivity contribution in [2.24, 2.45) is 17.8 Å². The van der Waals surface area contributed by atoms with Gasteiger partial charge in [0.25, 0.3) is 0 Å². The van der Waals surface area contributed by atoms with Crippen molar-refractivity contribution in [3.8, 4) is 0 Å². The standard InChI is InChI=1S/C23H36N2O5S/c1-4-6-7-11-24(10-5-2)21(28)19-23-15(3)14-16(31-23)17(22(29)30)18(23)20(27)25(19)12-8-9-13-26/h5,15-19,26H,2,4,6-14H2,1,3H3,(H,29,30)/t15?,16-,17+,18-,19?,23?/m0/s1. The highest BCUT2D eigenvalue weighted by atomic mass is 32.2. The molecule has 1 spiro atoms. The molecule has 0 radical (unpaired) electrons. The zero-order chi connectivity index (χ0) is 22.8. The lowest BCUT2D eigenvalue weighted by atomic mass is 9.66. The summed E-state index contributed by atoms with van der Waals surface area (Å²) in [6, 6.07) is -0.653. The fourth-order valence-electron chi connectivity index (χ4n) is 5.89. The molecule has 6 atom stereocenters. The number of carboxylic acids is 1. The Morgan fingerprint density at radius 2 is 2.06 bits per heavy atom. The summed E-state index contributed by atoms with van der Waals surface area (Å²) in [7, 11) is 0. The second-order valence-electron chi connectivity index (χ2n) is 9.13. The molecule has 2 amide bonds. The van der Waals surface area contributed by atoms with E-state index in [1.165, 1.54) is 0 Å². The maximum atomic E-state index is 13.9. The van der Waals surface area contributed by atoms with Gasteiger partial charge in [-0.05, 0) is 31.6 Å². The number of aliphatic hydroxyl groups is 1. The number of fused-ring (bicyclic) bond motifs is 1. The zero-order valence-corrected chi connectivity index (χ0v) is 19.5. The lowest BCUT2D eigenvalue weighted by molar-refractivity contribution is -0.149. The van der Waals surface area contributed by atoms with Gasteiger partial charge in [-0.3, -0.25) is 14.4 Å². The van der Waals surface area contributed by atoms with Crippen LogP contribution in [0.5, 0.6) is 0 Å². The Morgan fingerprint density at radius 1 is 1.32 bits per heavy atom. The van der Waals surface area contributed by atoms with E-state index >= 15 is 0 Å². The molecule has 7 nitrogen and oxygen atoms in total. The van der Waals surface area contributed by atoms with Crippen LogP contribution in [0.4, 0.5) is 0 Å². The Balaban J connectivity index is 1.98. The summed E-state index contributed by atoms with van der Waals surface area (Å²) in [4.78, 5) is 43.1. The molecule has 3 aliphatic rings. The number of carboxylic acid groups (broad SMARTS) is 1. The number of amides is 2. The van der Waals surface area contributed by atoms with Crippen molar-refractivity contribution in [3.05, 3.63) is 12.7 Å². The van der Waals surface area contributed by atoms with Gasteiger partial charge in [0.15, 0.2) is 0 Å². The first-order valence-electron chi connectivity index (χ1n) is 11.6. The highest BCUT2D eigenvalue weighted by Crippen LogP contribution is 2.68. The molecule has 0 aliphatic carbocycles. The summed E-state index contributed by atoms with van der Waals surface area (Å²) in [5, 5.41) is 19.0. The number of aliphatic hydroxyl groups excluding tert-OH is 1. The molecule has 0 aromatic carbocycles. The average molecular weight is 453 g/mol. The Morgan fingerprint density at radius 3 is 2.68 bits per heavy atom. The summed E-state index contributed by atoms with van der Waals surface area (Å²) in [6.07, 6.45) is 6.53. The van der Waals surface area contributed by atoms with Gasteiger partial charge >= 0.3 is 5.97 Å². The molecule has 0 saturated carbocycles. The Kier molecular flexibility index (Phi) is 7.73. The number of unbranched alkanes of at least 4 members (excludes halogenated alkanes) is 3. The van der Waals surface area contributed by atoms with E-state index in [9.17, 15) is 24.6 Å². The van der Waals surface area contributed by atoms with Crippen LogP contribution < -0.4 is 0 Å². The van der Waals surface area contributed by atoms with Crippen molar-refractivity contribution >= 4 is 29.5 Å². The van der Waals surface area contributed by atoms with Crippen LogP contribution in [0, 0.1) is 17.8 Å². The van der Waals surface area contributed by atoms with E-state index in [0.717, 1.165) is 25.7 Å². The zero-order valence-electron chi connectivity index (χ0n) is 18.7. The Bertz CT molecular complexity index is 716. The van der Waals surface area contributed by atoms with Crippen molar-refractivity contribution in [1.29, 1.82) is 0 Å². The third kappa shape index (κ3) is 4.01. The first kappa shape index (κ1) is 24.1. The molecule has 174 valence electrons. The van der Waals surface area contributed by atoms with Gasteiger partial charge in [-0.1, -0.05) is 32.8 Å². The highest BCUT2D eigenvalue weighted by molar-refractivity contribution is 8.02. The second kappa shape index (κ2) is 9.94. The molecule has 0 aromatic rings. The van der Waals surface area contributed by atoms with Gasteiger partial charge in [0, 0.05) is 31.5 Å². The van der Waals surface area contributed by atoms with Crippen LogP contribution in [0.3, 0.4) is 0 Å². The van der Waals surface area contributed by atoms with Crippen molar-refractivity contribution in [2.75, 3.05) is 26.2 Å². The minimum Gasteiger partial charge on any atom is -0.481 e. The van der Waals surface area contributed by atoms with Crippen LogP contribution in [0.25, 0.3) is 0 Å². The summed E-state index contributed by atoms with van der Waals surface area (Å²) < 4.78 is -0.689. The summed E-state index contributed by atoms with van der Waals surface area (Å²) >= 11 is 1.58. The molecular formula is C23H36N2O5S. The first-order chi connectivity index (χ1) is 14.8. The van der Waals surface area contributed by atoms with Crippen molar-refractivity contribution < 1.29 is 24.6 Å². The molecule has 3 fully saturated rings. The average Bonchev–Trinajstić information content (AvgIpc) is 3.31. The van der Waals surface area contributed by atoms with E-state index in [1.54, 1.807) is 27.6 Å². The van der Waals surface area contributed by atoms with E-state index in [-0.39, 0.29) is 29.6 Å². The molecular weight excluding hydrogens is 416 g/mol. The topological polar surface area (TPSA) is 98.2 Å². The Hall–Kier alpha value is -1.54. The number of carbonyl (C=O) groups is 3. The molecule has 3 heterocycles. The van der Waals surface area contributed by atoms with Gasteiger partial charge < -0.3 is 20.0 Å². The monoisotopic (exact) mass is 452 g/mol. The summed E-state index contributed by atoms with van der Waals surface area (Å²) in [5.74, 6) is -2.52. The van der Waals surface area contributed by atoms with Crippen LogP contribution in [0.15, 0.2) is 12.7 Å². The summed E-state index contributed by atoms with van der Waals surface area (Å²) in [6.45, 7) is 9.42. The van der Waals surface area contributed by atoms with Gasteiger partial charge in [0.2, 0.25) is 11.8 Å². The third-order valence-corrected chi connectivity index (χ3v) is 9.34. The SMILES string of the molecule is C=CCN(CCCCC)C(=O)C1N(CCCCO)C(=O)[C@@H]2[C@H](C(=O)O)[C@@H]3CC(C)C12S3. The van der Waals surface area contributed by atoms with Gasteiger partial charge in [-0.25, -0.2) is 0 Å². The van der Waals surface area contributed by atoms with Crippen molar-refractivity contribution in [1.82, 2.24) is 9.80 Å². The molecule has 2 N–H and O–H groups in total.